The van der Waals surface area contributed by atoms with E-state index in [1.54, 1.807) is 24.3 Å². The van der Waals surface area contributed by atoms with Crippen LogP contribution in [0.2, 0.25) is 0 Å². The molecule has 2 rings (SSSR count). The molecule has 0 aliphatic carbocycles. The normalized spacial score (nSPS) is 9.71. The molecule has 0 bridgehead atoms. The van der Waals surface area contributed by atoms with Crippen molar-refractivity contribution in [1.82, 2.24) is 0 Å². The van der Waals surface area contributed by atoms with E-state index in [1.165, 1.54) is 13.2 Å². The summed E-state index contributed by atoms with van der Waals surface area (Å²) in [5.74, 6) is -0.00141. The number of benzene rings is 2. The van der Waals surface area contributed by atoms with Crippen LogP contribution in [-0.4, -0.2) is 13.1 Å². The van der Waals surface area contributed by atoms with Crippen molar-refractivity contribution < 1.29 is 14.3 Å². The van der Waals surface area contributed by atoms with E-state index in [9.17, 15) is 4.79 Å². The second-order valence-corrected chi connectivity index (χ2v) is 4.30. The molecule has 0 aromatic heterocycles. The van der Waals surface area contributed by atoms with Crippen molar-refractivity contribution in [2.45, 2.75) is 6.61 Å². The van der Waals surface area contributed by atoms with Crippen LogP contribution >= 0.6 is 0 Å². The topological polar surface area (TPSA) is 85.3 Å². The Labute approximate surface area is 122 Å². The summed E-state index contributed by atoms with van der Waals surface area (Å²) in [7, 11) is 1.31. The average Bonchev–Trinajstić information content (AvgIpc) is 2.53. The van der Waals surface area contributed by atoms with Crippen LogP contribution in [0.25, 0.3) is 0 Å². The van der Waals surface area contributed by atoms with Gasteiger partial charge in [-0.1, -0.05) is 18.2 Å². The van der Waals surface area contributed by atoms with E-state index in [0.29, 0.717) is 22.6 Å². The highest BCUT2D eigenvalue weighted by molar-refractivity contribution is 5.90. The lowest BCUT2D eigenvalue weighted by atomic mass is 10.1. The Bertz CT molecular complexity index is 705. The largest absolute Gasteiger partial charge is 0.487 e. The molecule has 0 unspecified atom stereocenters. The number of nitrogens with zero attached hydrogens (tertiary/aromatic N) is 1. The van der Waals surface area contributed by atoms with Crippen molar-refractivity contribution in [1.29, 1.82) is 5.26 Å². The van der Waals surface area contributed by atoms with E-state index < -0.39 is 5.97 Å². The lowest BCUT2D eigenvalue weighted by Gasteiger charge is -2.10. The minimum Gasteiger partial charge on any atom is -0.487 e. The first-order valence-electron chi connectivity index (χ1n) is 6.24. The SMILES string of the molecule is COC(=O)c1ccc(OCc2ccccc2C#N)c(N)c1. The van der Waals surface area contributed by atoms with Crippen LogP contribution in [0, 0.1) is 11.3 Å². The zero-order valence-electron chi connectivity index (χ0n) is 11.5. The lowest BCUT2D eigenvalue weighted by Crippen LogP contribution is -2.04. The minimum absolute atomic E-state index is 0.228. The fourth-order valence-electron chi connectivity index (χ4n) is 1.84. The van der Waals surface area contributed by atoms with Crippen LogP contribution in [0.4, 0.5) is 5.69 Å². The fourth-order valence-corrected chi connectivity index (χ4v) is 1.84. The van der Waals surface area contributed by atoms with E-state index in [1.807, 2.05) is 12.1 Å². The summed E-state index contributed by atoms with van der Waals surface area (Å²) in [5, 5.41) is 9.01. The van der Waals surface area contributed by atoms with E-state index in [-0.39, 0.29) is 6.61 Å². The third-order valence-electron chi connectivity index (χ3n) is 2.95. The molecule has 2 aromatic carbocycles. The first kappa shape index (κ1) is 14.4. The van der Waals surface area contributed by atoms with Crippen LogP contribution in [0.1, 0.15) is 21.5 Å². The molecule has 0 radical (unpaired) electrons. The Balaban J connectivity index is 2.14. The number of nitrogen functional groups attached to an aromatic ring is 1. The van der Waals surface area contributed by atoms with E-state index >= 15 is 0 Å². The monoisotopic (exact) mass is 282 g/mol. The first-order valence-corrected chi connectivity index (χ1v) is 6.24. The van der Waals surface area contributed by atoms with Gasteiger partial charge in [-0.05, 0) is 24.3 Å². The number of anilines is 1. The van der Waals surface area contributed by atoms with Gasteiger partial charge in [0.2, 0.25) is 0 Å². The molecule has 0 saturated carbocycles. The van der Waals surface area contributed by atoms with Gasteiger partial charge in [0.25, 0.3) is 0 Å². The van der Waals surface area contributed by atoms with E-state index in [4.69, 9.17) is 15.7 Å². The van der Waals surface area contributed by atoms with Gasteiger partial charge >= 0.3 is 5.97 Å². The Morgan fingerprint density at radius 3 is 2.71 bits per heavy atom. The number of hydrogen-bond acceptors (Lipinski definition) is 5. The number of rotatable bonds is 4. The maximum absolute atomic E-state index is 11.4. The molecule has 106 valence electrons. The number of carbonyl (C=O) groups is 1. The highest BCUT2D eigenvalue weighted by Gasteiger charge is 2.09. The Morgan fingerprint density at radius 1 is 1.29 bits per heavy atom. The summed E-state index contributed by atoms with van der Waals surface area (Å²) >= 11 is 0. The van der Waals surface area contributed by atoms with Crippen molar-refractivity contribution in [2.24, 2.45) is 0 Å². The summed E-state index contributed by atoms with van der Waals surface area (Å²) in [5.41, 5.74) is 7.88. The second kappa shape index (κ2) is 6.44. The van der Waals surface area contributed by atoms with Crippen LogP contribution in [0.5, 0.6) is 5.75 Å². The number of esters is 1. The molecule has 2 N–H and O–H groups in total. The van der Waals surface area contributed by atoms with Crippen LogP contribution in [0.3, 0.4) is 0 Å². The lowest BCUT2D eigenvalue weighted by molar-refractivity contribution is 0.0600. The number of nitrogens with two attached hydrogens (primary N) is 1. The third-order valence-corrected chi connectivity index (χ3v) is 2.95. The van der Waals surface area contributed by atoms with Gasteiger partial charge in [-0.2, -0.15) is 5.26 Å². The van der Waals surface area contributed by atoms with Gasteiger partial charge in [-0.25, -0.2) is 4.79 Å². The smallest absolute Gasteiger partial charge is 0.337 e. The zero-order valence-corrected chi connectivity index (χ0v) is 11.5. The molecule has 2 aromatic rings. The van der Waals surface area contributed by atoms with Crippen molar-refractivity contribution in [3.05, 3.63) is 59.2 Å². The van der Waals surface area contributed by atoms with Gasteiger partial charge < -0.3 is 15.2 Å². The Hall–Kier alpha value is -3.00. The maximum Gasteiger partial charge on any atom is 0.337 e. The molecule has 5 heteroatoms. The van der Waals surface area contributed by atoms with Crippen molar-refractivity contribution in [3.63, 3.8) is 0 Å². The van der Waals surface area contributed by atoms with Gasteiger partial charge in [0.05, 0.1) is 30.0 Å². The van der Waals surface area contributed by atoms with Crippen LogP contribution < -0.4 is 10.5 Å². The summed E-state index contributed by atoms with van der Waals surface area (Å²) in [4.78, 5) is 11.4. The molecule has 5 nitrogen and oxygen atoms in total. The number of methoxy groups -OCH3 is 1. The number of ether oxygens (including phenoxy) is 2. The maximum atomic E-state index is 11.4. The van der Waals surface area contributed by atoms with Gasteiger partial charge in [-0.15, -0.1) is 0 Å². The second-order valence-electron chi connectivity index (χ2n) is 4.30. The number of carbonyl (C=O) groups excluding carboxylic acids is 1. The molecular formula is C16H14N2O3. The summed E-state index contributed by atoms with van der Waals surface area (Å²) in [6.07, 6.45) is 0. The first-order chi connectivity index (χ1) is 10.2. The summed E-state index contributed by atoms with van der Waals surface area (Å²) in [6, 6.07) is 14.0. The molecule has 0 aliphatic heterocycles. The van der Waals surface area contributed by atoms with Crippen LogP contribution in [0.15, 0.2) is 42.5 Å². The molecule has 0 atom stereocenters. The minimum atomic E-state index is -0.455. The molecule has 21 heavy (non-hydrogen) atoms. The molecular weight excluding hydrogens is 268 g/mol. The van der Waals surface area contributed by atoms with Crippen molar-refractivity contribution in [3.8, 4) is 11.8 Å². The van der Waals surface area contributed by atoms with Crippen LogP contribution in [-0.2, 0) is 11.3 Å². The highest BCUT2D eigenvalue weighted by Crippen LogP contribution is 2.24. The fraction of sp³-hybridized carbons (Fsp3) is 0.125. The van der Waals surface area contributed by atoms with Crippen molar-refractivity contribution >= 4 is 11.7 Å². The summed E-state index contributed by atoms with van der Waals surface area (Å²) < 4.78 is 10.2. The molecule has 0 amide bonds. The van der Waals surface area contributed by atoms with E-state index in [0.717, 1.165) is 5.56 Å². The predicted octanol–water partition coefficient (Wildman–Crippen LogP) is 2.51. The van der Waals surface area contributed by atoms with Gasteiger partial charge in [-0.3, -0.25) is 0 Å². The van der Waals surface area contributed by atoms with Crippen molar-refractivity contribution in [2.75, 3.05) is 12.8 Å². The number of nitriles is 1. The van der Waals surface area contributed by atoms with Gasteiger partial charge in [0.15, 0.2) is 0 Å². The standard InChI is InChI=1S/C16H14N2O3/c1-20-16(19)11-6-7-15(14(18)8-11)21-10-13-5-3-2-4-12(13)9-17/h2-8H,10,18H2,1H3. The van der Waals surface area contributed by atoms with Gasteiger partial charge in [0, 0.05) is 5.56 Å². The molecule has 0 aliphatic rings. The predicted molar refractivity (Wildman–Crippen MR) is 77.7 cm³/mol. The summed E-state index contributed by atoms with van der Waals surface area (Å²) in [6.45, 7) is 0.228. The zero-order chi connectivity index (χ0) is 15.2. The molecule has 0 fully saturated rings. The highest BCUT2D eigenvalue weighted by atomic mass is 16.5. The Morgan fingerprint density at radius 2 is 2.05 bits per heavy atom. The van der Waals surface area contributed by atoms with E-state index in [2.05, 4.69) is 10.8 Å². The molecule has 0 spiro atoms. The third kappa shape index (κ3) is 3.31. The number of hydrogen-bond donors (Lipinski definition) is 1. The average molecular weight is 282 g/mol. The van der Waals surface area contributed by atoms with Gasteiger partial charge in [0.1, 0.15) is 12.4 Å². The molecule has 0 saturated heterocycles. The molecule has 0 heterocycles. The Kier molecular flexibility index (Phi) is 4.42. The quantitative estimate of drug-likeness (QED) is 0.688.